The molecule has 1 heterocycles. The van der Waals surface area contributed by atoms with Gasteiger partial charge in [-0.15, -0.1) is 0 Å². The predicted molar refractivity (Wildman–Crippen MR) is 114 cm³/mol. The molecular formula is C23H16ClFN2O4. The van der Waals surface area contributed by atoms with Gasteiger partial charge < -0.3 is 10.1 Å². The van der Waals surface area contributed by atoms with E-state index in [0.717, 1.165) is 11.0 Å². The SMILES string of the molecule is O=C(CCOc1ccc(F)cc1Cl)Nc1cccc(N2C(=O)c3ccccc3C2=O)c1. The molecule has 0 fully saturated rings. The second-order valence-electron chi connectivity index (χ2n) is 6.76. The highest BCUT2D eigenvalue weighted by Gasteiger charge is 2.36. The van der Waals surface area contributed by atoms with Crippen LogP contribution in [0.1, 0.15) is 27.1 Å². The molecule has 3 amide bonds. The maximum atomic E-state index is 13.1. The lowest BCUT2D eigenvalue weighted by Gasteiger charge is -2.15. The van der Waals surface area contributed by atoms with Crippen molar-refractivity contribution in [2.45, 2.75) is 6.42 Å². The first-order chi connectivity index (χ1) is 14.9. The number of ether oxygens (including phenoxy) is 1. The lowest BCUT2D eigenvalue weighted by atomic mass is 10.1. The number of nitrogens with zero attached hydrogens (tertiary/aromatic N) is 1. The summed E-state index contributed by atoms with van der Waals surface area (Å²) in [5, 5.41) is 2.82. The van der Waals surface area contributed by atoms with Crippen molar-refractivity contribution < 1.29 is 23.5 Å². The third-order valence-corrected chi connectivity index (χ3v) is 4.96. The fourth-order valence-corrected chi connectivity index (χ4v) is 3.44. The van der Waals surface area contributed by atoms with Crippen LogP contribution in [0, 0.1) is 5.82 Å². The third kappa shape index (κ3) is 4.27. The summed E-state index contributed by atoms with van der Waals surface area (Å²) in [5.74, 6) is -1.35. The standard InChI is InChI=1S/C23H16ClFN2O4/c24-19-12-14(25)8-9-20(19)31-11-10-21(28)26-15-4-3-5-16(13-15)27-22(29)17-6-1-2-7-18(17)23(27)30/h1-9,12-13H,10-11H2,(H,26,28). The first-order valence-electron chi connectivity index (χ1n) is 9.39. The molecule has 4 rings (SSSR count). The number of hydrogen-bond acceptors (Lipinski definition) is 4. The van der Waals surface area contributed by atoms with Gasteiger partial charge in [-0.2, -0.15) is 0 Å². The van der Waals surface area contributed by atoms with Crippen molar-refractivity contribution in [2.75, 3.05) is 16.8 Å². The van der Waals surface area contributed by atoms with E-state index >= 15 is 0 Å². The summed E-state index contributed by atoms with van der Waals surface area (Å²) in [4.78, 5) is 38.6. The highest BCUT2D eigenvalue weighted by atomic mass is 35.5. The quantitative estimate of drug-likeness (QED) is 0.566. The predicted octanol–water partition coefficient (Wildman–Crippen LogP) is 4.69. The largest absolute Gasteiger partial charge is 0.491 e. The van der Waals surface area contributed by atoms with Gasteiger partial charge in [0.1, 0.15) is 11.6 Å². The number of hydrogen-bond donors (Lipinski definition) is 1. The molecule has 0 radical (unpaired) electrons. The fourth-order valence-electron chi connectivity index (χ4n) is 3.22. The summed E-state index contributed by atoms with van der Waals surface area (Å²) < 4.78 is 18.5. The van der Waals surface area contributed by atoms with Crippen molar-refractivity contribution in [1.82, 2.24) is 0 Å². The Morgan fingerprint density at radius 3 is 2.35 bits per heavy atom. The van der Waals surface area contributed by atoms with Crippen LogP contribution in [0.2, 0.25) is 5.02 Å². The number of carbonyl (C=O) groups excluding carboxylic acids is 3. The average Bonchev–Trinajstić information content (AvgIpc) is 3.00. The Balaban J connectivity index is 1.39. The third-order valence-electron chi connectivity index (χ3n) is 4.66. The van der Waals surface area contributed by atoms with Gasteiger partial charge in [0.15, 0.2) is 0 Å². The molecule has 0 bridgehead atoms. The van der Waals surface area contributed by atoms with Crippen molar-refractivity contribution in [3.63, 3.8) is 0 Å². The minimum absolute atomic E-state index is 0.0188. The maximum absolute atomic E-state index is 13.1. The first-order valence-corrected chi connectivity index (χ1v) is 9.77. The van der Waals surface area contributed by atoms with E-state index in [-0.39, 0.29) is 29.7 Å². The van der Waals surface area contributed by atoms with Gasteiger partial charge in [0, 0.05) is 5.69 Å². The van der Waals surface area contributed by atoms with Crippen LogP contribution in [-0.2, 0) is 4.79 Å². The average molecular weight is 439 g/mol. The molecule has 8 heteroatoms. The summed E-state index contributed by atoms with van der Waals surface area (Å²) in [6.45, 7) is 0.0370. The number of imide groups is 1. The molecule has 1 aliphatic heterocycles. The van der Waals surface area contributed by atoms with Crippen molar-refractivity contribution in [3.05, 3.63) is 88.7 Å². The molecular weight excluding hydrogens is 423 g/mol. The van der Waals surface area contributed by atoms with Crippen LogP contribution in [0.15, 0.2) is 66.7 Å². The van der Waals surface area contributed by atoms with E-state index in [1.165, 1.54) is 12.1 Å². The van der Waals surface area contributed by atoms with Crippen molar-refractivity contribution in [3.8, 4) is 5.75 Å². The zero-order chi connectivity index (χ0) is 22.0. The van der Waals surface area contributed by atoms with Crippen molar-refractivity contribution in [2.24, 2.45) is 0 Å². The van der Waals surface area contributed by atoms with Crippen LogP contribution in [0.5, 0.6) is 5.75 Å². The highest BCUT2D eigenvalue weighted by molar-refractivity contribution is 6.34. The van der Waals surface area contributed by atoms with E-state index in [1.54, 1.807) is 48.5 Å². The second kappa shape index (κ2) is 8.57. The van der Waals surface area contributed by atoms with E-state index in [4.69, 9.17) is 16.3 Å². The normalized spacial score (nSPS) is 12.6. The first kappa shape index (κ1) is 20.6. The van der Waals surface area contributed by atoms with Crippen LogP contribution in [0.3, 0.4) is 0 Å². The van der Waals surface area contributed by atoms with Gasteiger partial charge in [-0.25, -0.2) is 9.29 Å². The topological polar surface area (TPSA) is 75.7 Å². The number of carbonyl (C=O) groups is 3. The monoisotopic (exact) mass is 438 g/mol. The molecule has 0 saturated heterocycles. The summed E-state index contributed by atoms with van der Waals surface area (Å²) >= 11 is 5.89. The molecule has 0 aromatic heterocycles. The lowest BCUT2D eigenvalue weighted by molar-refractivity contribution is -0.116. The maximum Gasteiger partial charge on any atom is 0.266 e. The molecule has 31 heavy (non-hydrogen) atoms. The van der Waals surface area contributed by atoms with E-state index in [9.17, 15) is 18.8 Å². The van der Waals surface area contributed by atoms with Crippen LogP contribution >= 0.6 is 11.6 Å². The molecule has 0 aliphatic carbocycles. The molecule has 0 unspecified atom stereocenters. The number of halogens is 2. The van der Waals surface area contributed by atoms with Crippen LogP contribution in [0.4, 0.5) is 15.8 Å². The Morgan fingerprint density at radius 2 is 1.68 bits per heavy atom. The molecule has 0 spiro atoms. The summed E-state index contributed by atoms with van der Waals surface area (Å²) in [6.07, 6.45) is 0.0188. The molecule has 156 valence electrons. The van der Waals surface area contributed by atoms with E-state index in [1.807, 2.05) is 0 Å². The zero-order valence-corrected chi connectivity index (χ0v) is 16.9. The summed E-state index contributed by atoms with van der Waals surface area (Å²) in [6, 6.07) is 16.8. The minimum atomic E-state index is -0.479. The van der Waals surface area contributed by atoms with Gasteiger partial charge in [0.05, 0.1) is 34.9 Å². The van der Waals surface area contributed by atoms with Gasteiger partial charge >= 0.3 is 0 Å². The molecule has 1 N–H and O–H groups in total. The van der Waals surface area contributed by atoms with Gasteiger partial charge in [-0.1, -0.05) is 29.8 Å². The van der Waals surface area contributed by atoms with Gasteiger partial charge in [0.2, 0.25) is 5.91 Å². The molecule has 3 aromatic carbocycles. The summed E-state index contributed by atoms with van der Waals surface area (Å²) in [5.41, 5.74) is 1.48. The molecule has 3 aromatic rings. The van der Waals surface area contributed by atoms with E-state index in [0.29, 0.717) is 22.5 Å². The van der Waals surface area contributed by atoms with Crippen molar-refractivity contribution >= 4 is 40.7 Å². The molecule has 1 aliphatic rings. The van der Waals surface area contributed by atoms with E-state index in [2.05, 4.69) is 5.32 Å². The number of benzene rings is 3. The van der Waals surface area contributed by atoms with Crippen LogP contribution in [-0.4, -0.2) is 24.3 Å². The van der Waals surface area contributed by atoms with Gasteiger partial charge in [0.25, 0.3) is 11.8 Å². The number of fused-ring (bicyclic) bond motifs is 1. The number of anilines is 2. The van der Waals surface area contributed by atoms with Gasteiger partial charge in [-0.05, 0) is 48.5 Å². The van der Waals surface area contributed by atoms with Crippen LogP contribution < -0.4 is 15.0 Å². The molecule has 0 atom stereocenters. The second-order valence-corrected chi connectivity index (χ2v) is 7.17. The Morgan fingerprint density at radius 1 is 0.968 bits per heavy atom. The Bertz CT molecular complexity index is 1160. The highest BCUT2D eigenvalue weighted by Crippen LogP contribution is 2.30. The van der Waals surface area contributed by atoms with Crippen LogP contribution in [0.25, 0.3) is 0 Å². The Kier molecular flexibility index (Phi) is 5.68. The minimum Gasteiger partial charge on any atom is -0.491 e. The number of amides is 3. The zero-order valence-electron chi connectivity index (χ0n) is 16.1. The Labute approximate surface area is 182 Å². The lowest BCUT2D eigenvalue weighted by Crippen LogP contribution is -2.29. The molecule has 0 saturated carbocycles. The smallest absolute Gasteiger partial charge is 0.266 e. The van der Waals surface area contributed by atoms with Gasteiger partial charge in [-0.3, -0.25) is 14.4 Å². The molecule has 6 nitrogen and oxygen atoms in total. The number of rotatable bonds is 6. The summed E-state index contributed by atoms with van der Waals surface area (Å²) in [7, 11) is 0. The van der Waals surface area contributed by atoms with E-state index < -0.39 is 17.6 Å². The Hall–Kier alpha value is -3.71. The van der Waals surface area contributed by atoms with Crippen molar-refractivity contribution in [1.29, 1.82) is 0 Å². The number of nitrogens with one attached hydrogen (secondary N) is 1. The fraction of sp³-hybridized carbons (Fsp3) is 0.0870.